The first kappa shape index (κ1) is 14.6. The molecule has 0 saturated carbocycles. The van der Waals surface area contributed by atoms with Crippen molar-refractivity contribution in [2.75, 3.05) is 0 Å². The summed E-state index contributed by atoms with van der Waals surface area (Å²) in [6.07, 6.45) is 1.65. The van der Waals surface area contributed by atoms with Crippen molar-refractivity contribution < 1.29 is 0 Å². The fraction of sp³-hybridized carbons (Fsp3) is 0.0588. The molecule has 0 saturated heterocycles. The van der Waals surface area contributed by atoms with Crippen LogP contribution in [-0.4, -0.2) is 30.0 Å². The van der Waals surface area contributed by atoms with Crippen molar-refractivity contribution in [3.63, 3.8) is 0 Å². The van der Waals surface area contributed by atoms with Crippen molar-refractivity contribution in [1.29, 1.82) is 0 Å². The van der Waals surface area contributed by atoms with E-state index in [0.717, 1.165) is 11.3 Å². The van der Waals surface area contributed by atoms with Gasteiger partial charge >= 0.3 is 0 Å². The van der Waals surface area contributed by atoms with Crippen molar-refractivity contribution in [2.45, 2.75) is 6.54 Å². The lowest BCUT2D eigenvalue weighted by Gasteiger charge is -2.02. The zero-order valence-electron chi connectivity index (χ0n) is 12.6. The van der Waals surface area contributed by atoms with Gasteiger partial charge in [-0.3, -0.25) is 0 Å². The van der Waals surface area contributed by atoms with Crippen molar-refractivity contribution in [2.24, 2.45) is 0 Å². The van der Waals surface area contributed by atoms with Gasteiger partial charge in [0.1, 0.15) is 5.15 Å². The zero-order chi connectivity index (χ0) is 16.4. The Balaban J connectivity index is 1.62. The molecule has 0 unspecified atom stereocenters. The smallest absolute Gasteiger partial charge is 0.209 e. The minimum absolute atomic E-state index is 0.457. The first-order valence-electron chi connectivity index (χ1n) is 7.42. The van der Waals surface area contributed by atoms with Crippen LogP contribution in [0.1, 0.15) is 5.56 Å². The Kier molecular flexibility index (Phi) is 3.80. The monoisotopic (exact) mass is 336 g/mol. The van der Waals surface area contributed by atoms with E-state index in [2.05, 4.69) is 20.5 Å². The Hall–Kier alpha value is -2.99. The highest BCUT2D eigenvalue weighted by Gasteiger charge is 2.16. The summed E-state index contributed by atoms with van der Waals surface area (Å²) >= 11 is 6.45. The van der Waals surface area contributed by atoms with Gasteiger partial charge in [0.2, 0.25) is 5.82 Å². The van der Waals surface area contributed by atoms with Gasteiger partial charge in [-0.25, -0.2) is 4.68 Å². The molecule has 2 aromatic heterocycles. The summed E-state index contributed by atoms with van der Waals surface area (Å²) in [5, 5.41) is 17.4. The van der Waals surface area contributed by atoms with Crippen molar-refractivity contribution >= 4 is 11.6 Å². The molecule has 0 aliphatic heterocycles. The summed E-state index contributed by atoms with van der Waals surface area (Å²) in [5.41, 5.74) is 2.64. The summed E-state index contributed by atoms with van der Waals surface area (Å²) in [6.45, 7) is 0.554. The number of nitrogens with zero attached hydrogens (tertiary/aromatic N) is 6. The normalized spacial score (nSPS) is 10.9. The molecule has 4 rings (SSSR count). The molecule has 0 spiro atoms. The van der Waals surface area contributed by atoms with Crippen LogP contribution in [0, 0.1) is 0 Å². The van der Waals surface area contributed by atoms with E-state index in [-0.39, 0.29) is 0 Å². The predicted octanol–water partition coefficient (Wildman–Crippen LogP) is 3.23. The van der Waals surface area contributed by atoms with Crippen LogP contribution in [0.5, 0.6) is 0 Å². The van der Waals surface area contributed by atoms with Crippen LogP contribution in [0.4, 0.5) is 0 Å². The highest BCUT2D eigenvalue weighted by Crippen LogP contribution is 2.26. The second-order valence-corrected chi connectivity index (χ2v) is 5.58. The summed E-state index contributed by atoms with van der Waals surface area (Å²) in [5.74, 6) is 0.457. The molecule has 0 radical (unpaired) electrons. The van der Waals surface area contributed by atoms with Crippen molar-refractivity contribution in [3.05, 3.63) is 77.6 Å². The second-order valence-electron chi connectivity index (χ2n) is 5.23. The van der Waals surface area contributed by atoms with E-state index >= 15 is 0 Å². The van der Waals surface area contributed by atoms with E-state index in [1.807, 2.05) is 60.7 Å². The number of tetrazole rings is 1. The number of para-hydroxylation sites is 1. The number of halogens is 1. The highest BCUT2D eigenvalue weighted by atomic mass is 35.5. The molecule has 6 nitrogen and oxygen atoms in total. The topological polar surface area (TPSA) is 61.4 Å². The predicted molar refractivity (Wildman–Crippen MR) is 90.9 cm³/mol. The summed E-state index contributed by atoms with van der Waals surface area (Å²) in [6, 6.07) is 19.6. The first-order chi connectivity index (χ1) is 11.8. The van der Waals surface area contributed by atoms with E-state index < -0.39 is 0 Å². The molecule has 2 aromatic carbocycles. The molecule has 2 heterocycles. The lowest BCUT2D eigenvalue weighted by atomic mass is 10.2. The quantitative estimate of drug-likeness (QED) is 0.574. The van der Waals surface area contributed by atoms with Gasteiger partial charge in [0.15, 0.2) is 0 Å². The van der Waals surface area contributed by atoms with E-state index in [4.69, 9.17) is 11.6 Å². The van der Waals surface area contributed by atoms with Gasteiger partial charge in [0.05, 0.1) is 24.0 Å². The maximum Gasteiger partial charge on any atom is 0.209 e. The summed E-state index contributed by atoms with van der Waals surface area (Å²) in [4.78, 5) is 1.54. The largest absolute Gasteiger partial charge is 0.221 e. The molecular weight excluding hydrogens is 324 g/mol. The maximum atomic E-state index is 6.45. The second kappa shape index (κ2) is 6.25. The Morgan fingerprint density at radius 2 is 1.62 bits per heavy atom. The molecule has 0 atom stereocenters. The summed E-state index contributed by atoms with van der Waals surface area (Å²) < 4.78 is 1.65. The number of aromatic nitrogens is 6. The van der Waals surface area contributed by atoms with Gasteiger partial charge < -0.3 is 0 Å². The molecule has 0 aliphatic carbocycles. The Bertz CT molecular complexity index is 946. The maximum absolute atomic E-state index is 6.45. The molecule has 0 bridgehead atoms. The zero-order valence-corrected chi connectivity index (χ0v) is 13.4. The fourth-order valence-electron chi connectivity index (χ4n) is 2.40. The lowest BCUT2D eigenvalue weighted by Crippen LogP contribution is -2.03. The third-order valence-corrected chi connectivity index (χ3v) is 3.94. The fourth-order valence-corrected chi connectivity index (χ4v) is 2.67. The van der Waals surface area contributed by atoms with E-state index in [1.54, 1.807) is 15.7 Å². The Labute approximate surface area is 143 Å². The van der Waals surface area contributed by atoms with Gasteiger partial charge in [0.25, 0.3) is 0 Å². The molecule has 0 aliphatic rings. The number of hydrogen-bond acceptors (Lipinski definition) is 4. The van der Waals surface area contributed by atoms with Gasteiger partial charge in [-0.1, -0.05) is 60.1 Å². The van der Waals surface area contributed by atoms with Gasteiger partial charge in [-0.2, -0.15) is 9.90 Å². The molecule has 0 N–H and O–H groups in total. The van der Waals surface area contributed by atoms with Crippen LogP contribution < -0.4 is 0 Å². The average Bonchev–Trinajstić information content (AvgIpc) is 3.23. The molecule has 118 valence electrons. The van der Waals surface area contributed by atoms with Crippen LogP contribution in [0.25, 0.3) is 17.1 Å². The molecule has 24 heavy (non-hydrogen) atoms. The third-order valence-electron chi connectivity index (χ3n) is 3.57. The minimum Gasteiger partial charge on any atom is -0.221 e. The van der Waals surface area contributed by atoms with Crippen LogP contribution in [0.2, 0.25) is 5.15 Å². The third kappa shape index (κ3) is 2.79. The highest BCUT2D eigenvalue weighted by molar-refractivity contribution is 6.32. The summed E-state index contributed by atoms with van der Waals surface area (Å²) in [7, 11) is 0. The molecule has 0 fully saturated rings. The number of rotatable bonds is 4. The SMILES string of the molecule is Clc1c(-c2nnn(Cc3ccccc3)n2)cnn1-c1ccccc1. The van der Waals surface area contributed by atoms with Crippen LogP contribution in [-0.2, 0) is 6.54 Å². The molecule has 7 heteroatoms. The van der Waals surface area contributed by atoms with Crippen LogP contribution >= 0.6 is 11.6 Å². The number of hydrogen-bond donors (Lipinski definition) is 0. The Morgan fingerprint density at radius 1 is 0.917 bits per heavy atom. The van der Waals surface area contributed by atoms with E-state index in [9.17, 15) is 0 Å². The van der Waals surface area contributed by atoms with Gasteiger partial charge in [-0.15, -0.1) is 10.2 Å². The van der Waals surface area contributed by atoms with Gasteiger partial charge in [-0.05, 0) is 22.9 Å². The van der Waals surface area contributed by atoms with Gasteiger partial charge in [0, 0.05) is 0 Å². The standard InChI is InChI=1S/C17H13ClN6/c18-16-15(11-19-24(16)14-9-5-2-6-10-14)17-20-22-23(21-17)12-13-7-3-1-4-8-13/h1-11H,12H2. The van der Waals surface area contributed by atoms with Crippen LogP contribution in [0.3, 0.4) is 0 Å². The lowest BCUT2D eigenvalue weighted by molar-refractivity contribution is 0.573. The Morgan fingerprint density at radius 3 is 2.38 bits per heavy atom. The molecular formula is C17H13ClN6. The molecule has 0 amide bonds. The van der Waals surface area contributed by atoms with Crippen molar-refractivity contribution in [1.82, 2.24) is 30.0 Å². The van der Waals surface area contributed by atoms with E-state index in [1.165, 1.54) is 0 Å². The average molecular weight is 337 g/mol. The van der Waals surface area contributed by atoms with Crippen molar-refractivity contribution in [3.8, 4) is 17.1 Å². The van der Waals surface area contributed by atoms with E-state index in [0.29, 0.717) is 23.1 Å². The molecule has 4 aromatic rings. The minimum atomic E-state index is 0.457. The number of benzene rings is 2. The van der Waals surface area contributed by atoms with Crippen LogP contribution in [0.15, 0.2) is 66.9 Å². The first-order valence-corrected chi connectivity index (χ1v) is 7.80.